The van der Waals surface area contributed by atoms with Crippen LogP contribution in [0.25, 0.3) is 0 Å². The summed E-state index contributed by atoms with van der Waals surface area (Å²) in [6.07, 6.45) is 15.1. The first-order chi connectivity index (χ1) is 21.1. The summed E-state index contributed by atoms with van der Waals surface area (Å²) in [7, 11) is 1.36. The number of carbonyl (C=O) groups is 2. The van der Waals surface area contributed by atoms with E-state index in [4.69, 9.17) is 18.9 Å². The highest BCUT2D eigenvalue weighted by molar-refractivity contribution is 5.76. The molecule has 0 radical (unpaired) electrons. The lowest BCUT2D eigenvalue weighted by Gasteiger charge is -2.60. The zero-order valence-corrected chi connectivity index (χ0v) is 27.5. The van der Waals surface area contributed by atoms with Crippen LogP contribution >= 0.6 is 0 Å². The van der Waals surface area contributed by atoms with Gasteiger partial charge in [0, 0.05) is 13.0 Å². The quantitative estimate of drug-likeness (QED) is 0.323. The van der Waals surface area contributed by atoms with Crippen LogP contribution < -0.4 is 0 Å². The van der Waals surface area contributed by atoms with E-state index in [0.717, 1.165) is 24.7 Å². The molecule has 0 aromatic carbocycles. The van der Waals surface area contributed by atoms with Gasteiger partial charge in [-0.05, 0) is 128 Å². The van der Waals surface area contributed by atoms with Crippen molar-refractivity contribution in [1.82, 2.24) is 4.90 Å². The molecule has 11 atom stereocenters. The summed E-state index contributed by atoms with van der Waals surface area (Å²) in [6.45, 7) is 9.73. The van der Waals surface area contributed by atoms with Gasteiger partial charge in [-0.25, -0.2) is 4.79 Å². The van der Waals surface area contributed by atoms with E-state index in [1.165, 1.54) is 71.3 Å². The highest BCUT2D eigenvalue weighted by Gasteiger charge is 2.80. The molecule has 44 heavy (non-hydrogen) atoms. The van der Waals surface area contributed by atoms with Crippen molar-refractivity contribution < 1.29 is 33.3 Å². The van der Waals surface area contributed by atoms with Crippen LogP contribution in [0, 0.1) is 51.2 Å². The summed E-state index contributed by atoms with van der Waals surface area (Å²) in [5.74, 6) is 3.75. The molecule has 0 aromatic rings. The molecule has 0 bridgehead atoms. The Morgan fingerprint density at radius 2 is 1.73 bits per heavy atom. The van der Waals surface area contributed by atoms with Gasteiger partial charge in [0.2, 0.25) is 5.91 Å². The minimum Gasteiger partial charge on any atom is -0.438 e. The summed E-state index contributed by atoms with van der Waals surface area (Å²) in [5, 5.41) is 0. The number of rotatable bonds is 6. The van der Waals surface area contributed by atoms with Gasteiger partial charge < -0.3 is 28.6 Å². The predicted octanol–water partition coefficient (Wildman–Crippen LogP) is 6.35. The van der Waals surface area contributed by atoms with E-state index in [-0.39, 0.29) is 29.8 Å². The predicted molar refractivity (Wildman–Crippen MR) is 162 cm³/mol. The van der Waals surface area contributed by atoms with Crippen LogP contribution in [0.15, 0.2) is 0 Å². The molecule has 7 unspecified atom stereocenters. The second-order valence-electron chi connectivity index (χ2n) is 17.1. The minimum atomic E-state index is -0.615. The number of fused-ring (bicyclic) bond motifs is 4. The third kappa shape index (κ3) is 4.53. The van der Waals surface area contributed by atoms with E-state index in [0.29, 0.717) is 72.8 Å². The van der Waals surface area contributed by atoms with Crippen LogP contribution in [0.3, 0.4) is 0 Å². The Morgan fingerprint density at radius 1 is 0.909 bits per heavy atom. The third-order valence-corrected chi connectivity index (χ3v) is 15.0. The van der Waals surface area contributed by atoms with Crippen molar-refractivity contribution in [3.63, 3.8) is 0 Å². The maximum Gasteiger partial charge on any atom is 0.508 e. The molecule has 8 aliphatic rings. The Labute approximate surface area is 263 Å². The Kier molecular flexibility index (Phi) is 7.20. The first-order valence-electron chi connectivity index (χ1n) is 18.0. The second kappa shape index (κ2) is 10.6. The van der Waals surface area contributed by atoms with Crippen LogP contribution in [-0.4, -0.2) is 75.0 Å². The molecule has 2 heterocycles. The van der Waals surface area contributed by atoms with Crippen LogP contribution in [0.4, 0.5) is 4.79 Å². The van der Waals surface area contributed by atoms with Crippen molar-refractivity contribution in [3.05, 3.63) is 0 Å². The van der Waals surface area contributed by atoms with Gasteiger partial charge >= 0.3 is 6.16 Å². The minimum absolute atomic E-state index is 0.0105. The first kappa shape index (κ1) is 30.0. The summed E-state index contributed by atoms with van der Waals surface area (Å²) < 4.78 is 29.6. The summed E-state index contributed by atoms with van der Waals surface area (Å²) in [4.78, 5) is 26.4. The summed E-state index contributed by atoms with van der Waals surface area (Å²) in [6, 6.07) is 0. The van der Waals surface area contributed by atoms with E-state index < -0.39 is 6.16 Å². The standard InChI is InChI=1S/C36H55NO7/c1-33(2)28-10-9-24-26-18-27-25(8-7-23(43-27)20-42-32(39)40-4)34(26,3)13-14-35(24)21-36(28,35)12-11-29(33)44-31-19-37(15-16-41-31)30(38)17-22-5-6-22/h22-29,31H,5-21H2,1-4H3/t23?,24?,25?,26?,27?,28?,29-,31?,34+,35-,36+/m0/s1. The first-order valence-corrected chi connectivity index (χ1v) is 18.0. The maximum atomic E-state index is 12.8. The molecular formula is C36H55NO7. The monoisotopic (exact) mass is 613 g/mol. The molecule has 6 saturated carbocycles. The fourth-order valence-electron chi connectivity index (χ4n) is 12.7. The molecule has 246 valence electrons. The lowest BCUT2D eigenvalue weighted by Crippen LogP contribution is -2.56. The smallest absolute Gasteiger partial charge is 0.438 e. The van der Waals surface area contributed by atoms with Gasteiger partial charge in [0.25, 0.3) is 0 Å². The van der Waals surface area contributed by atoms with E-state index in [2.05, 4.69) is 25.5 Å². The van der Waals surface area contributed by atoms with Gasteiger partial charge in [-0.2, -0.15) is 0 Å². The van der Waals surface area contributed by atoms with Gasteiger partial charge in [0.05, 0.1) is 38.6 Å². The summed E-state index contributed by atoms with van der Waals surface area (Å²) in [5.41, 5.74) is 1.42. The van der Waals surface area contributed by atoms with Gasteiger partial charge in [-0.1, -0.05) is 20.8 Å². The molecule has 8 rings (SSSR count). The van der Waals surface area contributed by atoms with Crippen molar-refractivity contribution >= 4 is 12.1 Å². The number of hydrogen-bond donors (Lipinski definition) is 0. The number of carbonyl (C=O) groups excluding carboxylic acids is 2. The zero-order valence-electron chi connectivity index (χ0n) is 27.5. The molecule has 6 aliphatic carbocycles. The summed E-state index contributed by atoms with van der Waals surface area (Å²) >= 11 is 0. The number of nitrogens with zero attached hydrogens (tertiary/aromatic N) is 1. The Morgan fingerprint density at radius 3 is 2.52 bits per heavy atom. The molecular weight excluding hydrogens is 558 g/mol. The van der Waals surface area contributed by atoms with E-state index in [1.54, 1.807) is 0 Å². The van der Waals surface area contributed by atoms with Crippen molar-refractivity contribution in [2.24, 2.45) is 51.2 Å². The molecule has 2 spiro atoms. The van der Waals surface area contributed by atoms with Gasteiger partial charge in [0.1, 0.15) is 6.61 Å². The van der Waals surface area contributed by atoms with Crippen molar-refractivity contribution in [2.75, 3.05) is 33.4 Å². The Bertz CT molecular complexity index is 1160. The average Bonchev–Trinajstić information content (AvgIpc) is 3.92. The third-order valence-electron chi connectivity index (χ3n) is 15.0. The number of ether oxygens (including phenoxy) is 5. The molecule has 8 heteroatoms. The molecule has 2 aliphatic heterocycles. The molecule has 0 N–H and O–H groups in total. The molecule has 0 aromatic heterocycles. The Balaban J connectivity index is 0.934. The molecule has 2 saturated heterocycles. The van der Waals surface area contributed by atoms with Crippen molar-refractivity contribution in [3.8, 4) is 0 Å². The molecule has 8 fully saturated rings. The SMILES string of the molecule is COC(=O)OCC1CCC2C(CC3C4CCC5C(C)(C)[C@@H](OC6CN(C(=O)CC7CC7)CCO6)CC[C@@]56C[C@@]46CC[C@]23C)O1. The Hall–Kier alpha value is -1.38. The van der Waals surface area contributed by atoms with E-state index in [1.807, 2.05) is 4.90 Å². The largest absolute Gasteiger partial charge is 0.508 e. The highest BCUT2D eigenvalue weighted by Crippen LogP contribution is 2.87. The number of methoxy groups -OCH3 is 1. The average molecular weight is 614 g/mol. The van der Waals surface area contributed by atoms with Crippen LogP contribution in [0.1, 0.15) is 104 Å². The number of amides is 1. The van der Waals surface area contributed by atoms with Crippen molar-refractivity contribution in [2.45, 2.75) is 129 Å². The molecule has 8 nitrogen and oxygen atoms in total. The zero-order chi connectivity index (χ0) is 30.5. The lowest BCUT2D eigenvalue weighted by molar-refractivity contribution is -0.244. The van der Waals surface area contributed by atoms with Crippen LogP contribution in [0.5, 0.6) is 0 Å². The normalized spacial score (nSPS) is 48.6. The number of morpholine rings is 1. The molecule has 1 amide bonds. The highest BCUT2D eigenvalue weighted by atomic mass is 16.7. The van der Waals surface area contributed by atoms with Crippen LogP contribution in [0.2, 0.25) is 0 Å². The maximum absolute atomic E-state index is 12.8. The van der Waals surface area contributed by atoms with Gasteiger partial charge in [-0.15, -0.1) is 0 Å². The topological polar surface area (TPSA) is 83.5 Å². The van der Waals surface area contributed by atoms with E-state index >= 15 is 0 Å². The van der Waals surface area contributed by atoms with Gasteiger partial charge in [-0.3, -0.25) is 4.79 Å². The van der Waals surface area contributed by atoms with Crippen LogP contribution in [-0.2, 0) is 28.5 Å². The fourth-order valence-corrected chi connectivity index (χ4v) is 12.7. The lowest BCUT2D eigenvalue weighted by atomic mass is 9.46. The van der Waals surface area contributed by atoms with E-state index in [9.17, 15) is 9.59 Å². The number of hydrogen-bond acceptors (Lipinski definition) is 7. The van der Waals surface area contributed by atoms with Gasteiger partial charge in [0.15, 0.2) is 6.29 Å². The second-order valence-corrected chi connectivity index (χ2v) is 17.1. The fraction of sp³-hybridized carbons (Fsp3) is 0.944. The van der Waals surface area contributed by atoms with Crippen molar-refractivity contribution in [1.29, 1.82) is 0 Å².